The Morgan fingerprint density at radius 3 is 2.39 bits per heavy atom. The minimum absolute atomic E-state index is 0.0506. The second-order valence-electron chi connectivity index (χ2n) is 7.39. The third-order valence-electron chi connectivity index (χ3n) is 5.06. The van der Waals surface area contributed by atoms with Gasteiger partial charge in [-0.05, 0) is 60.2 Å². The Balaban J connectivity index is 1.71. The molecule has 0 fully saturated rings. The molecule has 3 aromatic rings. The molecule has 0 radical (unpaired) electrons. The van der Waals surface area contributed by atoms with Crippen LogP contribution in [0.5, 0.6) is 5.75 Å². The Labute approximate surface area is 184 Å². The van der Waals surface area contributed by atoms with Crippen molar-refractivity contribution >= 4 is 34.8 Å². The summed E-state index contributed by atoms with van der Waals surface area (Å²) in [5.41, 5.74) is 5.81. The van der Waals surface area contributed by atoms with E-state index in [9.17, 15) is 14.7 Å². The number of phenolic OH excluding ortho intramolecular Hbond substituents is 1. The van der Waals surface area contributed by atoms with Crippen LogP contribution in [-0.4, -0.2) is 36.0 Å². The van der Waals surface area contributed by atoms with Gasteiger partial charge in [-0.3, -0.25) is 15.0 Å². The standard InChI is InChI=1S/C23H21ClN4O3/c1-27(2)17-8-3-14(4-9-17)21-25-20-12-7-16(24)13-19(20)23(31)28(21)26-22(30)15-5-10-18(29)11-6-15/h3-13,21,25,29H,1-2H3,(H,26,30). The highest BCUT2D eigenvalue weighted by Gasteiger charge is 2.34. The molecule has 0 saturated heterocycles. The molecule has 3 N–H and O–H groups in total. The molecule has 0 aliphatic carbocycles. The number of hydrazine groups is 1. The molecule has 1 unspecified atom stereocenters. The summed E-state index contributed by atoms with van der Waals surface area (Å²) in [7, 11) is 3.89. The quantitative estimate of drug-likeness (QED) is 0.575. The van der Waals surface area contributed by atoms with Gasteiger partial charge in [0.05, 0.1) is 5.56 Å². The van der Waals surface area contributed by atoms with Crippen LogP contribution in [0.15, 0.2) is 66.7 Å². The fourth-order valence-corrected chi connectivity index (χ4v) is 3.54. The SMILES string of the molecule is CN(C)c1ccc(C2Nc3ccc(Cl)cc3C(=O)N2NC(=O)c2ccc(O)cc2)cc1. The molecule has 1 atom stereocenters. The van der Waals surface area contributed by atoms with Gasteiger partial charge in [-0.2, -0.15) is 0 Å². The van der Waals surface area contributed by atoms with Crippen molar-refractivity contribution in [2.45, 2.75) is 6.17 Å². The molecule has 7 nitrogen and oxygen atoms in total. The van der Waals surface area contributed by atoms with Gasteiger partial charge in [-0.15, -0.1) is 0 Å². The molecule has 1 aliphatic heterocycles. The number of nitrogens with one attached hydrogen (secondary N) is 2. The average molecular weight is 437 g/mol. The third-order valence-corrected chi connectivity index (χ3v) is 5.29. The Hall–Kier alpha value is -3.71. The van der Waals surface area contributed by atoms with Gasteiger partial charge >= 0.3 is 0 Å². The first-order valence-electron chi connectivity index (χ1n) is 9.60. The lowest BCUT2D eigenvalue weighted by Gasteiger charge is -2.38. The molecule has 0 spiro atoms. The monoisotopic (exact) mass is 436 g/mol. The Morgan fingerprint density at radius 1 is 1.06 bits per heavy atom. The fraction of sp³-hybridized carbons (Fsp3) is 0.130. The van der Waals surface area contributed by atoms with Gasteiger partial charge in [0.1, 0.15) is 11.9 Å². The van der Waals surface area contributed by atoms with Gasteiger partial charge in [0.15, 0.2) is 0 Å². The number of nitrogens with zero attached hydrogens (tertiary/aromatic N) is 2. The Kier molecular flexibility index (Phi) is 5.44. The molecule has 2 amide bonds. The largest absolute Gasteiger partial charge is 0.508 e. The summed E-state index contributed by atoms with van der Waals surface area (Å²) in [6, 6.07) is 18.5. The van der Waals surface area contributed by atoms with Crippen LogP contribution in [0, 0.1) is 0 Å². The second-order valence-corrected chi connectivity index (χ2v) is 7.82. The molecular formula is C23H21ClN4O3. The van der Waals surface area contributed by atoms with E-state index in [1.165, 1.54) is 29.3 Å². The molecule has 8 heteroatoms. The van der Waals surface area contributed by atoms with Gasteiger partial charge in [0.25, 0.3) is 11.8 Å². The van der Waals surface area contributed by atoms with Crippen molar-refractivity contribution in [2.75, 3.05) is 24.3 Å². The van der Waals surface area contributed by atoms with Crippen molar-refractivity contribution in [1.82, 2.24) is 10.4 Å². The number of aromatic hydroxyl groups is 1. The van der Waals surface area contributed by atoms with Gasteiger partial charge < -0.3 is 15.3 Å². The van der Waals surface area contributed by atoms with E-state index >= 15 is 0 Å². The summed E-state index contributed by atoms with van der Waals surface area (Å²) in [5.74, 6) is -0.810. The van der Waals surface area contributed by atoms with Crippen LogP contribution >= 0.6 is 11.6 Å². The van der Waals surface area contributed by atoms with Crippen molar-refractivity contribution in [1.29, 1.82) is 0 Å². The molecule has 0 bridgehead atoms. The lowest BCUT2D eigenvalue weighted by atomic mass is 10.0. The summed E-state index contributed by atoms with van der Waals surface area (Å²) in [6.07, 6.45) is -0.626. The molecular weight excluding hydrogens is 416 g/mol. The van der Waals surface area contributed by atoms with Crippen LogP contribution in [0.4, 0.5) is 11.4 Å². The predicted octanol–water partition coefficient (Wildman–Crippen LogP) is 4.02. The van der Waals surface area contributed by atoms with Gasteiger partial charge in [0.2, 0.25) is 0 Å². The second kappa shape index (κ2) is 8.20. The molecule has 4 rings (SSSR count). The number of amides is 2. The summed E-state index contributed by atoms with van der Waals surface area (Å²) in [4.78, 5) is 28.1. The first-order valence-corrected chi connectivity index (χ1v) is 9.98. The van der Waals surface area contributed by atoms with Crippen LogP contribution < -0.4 is 15.6 Å². The van der Waals surface area contributed by atoms with Gasteiger partial charge in [-0.25, -0.2) is 5.01 Å². The summed E-state index contributed by atoms with van der Waals surface area (Å²) in [6.45, 7) is 0. The maximum atomic E-state index is 13.3. The molecule has 1 heterocycles. The van der Waals surface area contributed by atoms with E-state index in [1.54, 1.807) is 18.2 Å². The summed E-state index contributed by atoms with van der Waals surface area (Å²) < 4.78 is 0. The predicted molar refractivity (Wildman–Crippen MR) is 120 cm³/mol. The number of phenols is 1. The Morgan fingerprint density at radius 2 is 1.74 bits per heavy atom. The minimum atomic E-state index is -0.626. The molecule has 3 aromatic carbocycles. The lowest BCUT2D eigenvalue weighted by molar-refractivity contribution is 0.0491. The first kappa shape index (κ1) is 20.6. The van der Waals surface area contributed by atoms with E-state index in [2.05, 4.69) is 10.7 Å². The highest BCUT2D eigenvalue weighted by atomic mass is 35.5. The number of anilines is 2. The van der Waals surface area contributed by atoms with Gasteiger partial charge in [0, 0.05) is 36.1 Å². The van der Waals surface area contributed by atoms with E-state index < -0.39 is 12.1 Å². The molecule has 1 aliphatic rings. The number of hydrogen-bond acceptors (Lipinski definition) is 5. The maximum Gasteiger partial charge on any atom is 0.276 e. The fourth-order valence-electron chi connectivity index (χ4n) is 3.37. The zero-order valence-electron chi connectivity index (χ0n) is 17.0. The topological polar surface area (TPSA) is 84.9 Å². The number of benzene rings is 3. The zero-order chi connectivity index (χ0) is 22.1. The van der Waals surface area contributed by atoms with E-state index in [0.29, 0.717) is 21.8 Å². The molecule has 31 heavy (non-hydrogen) atoms. The third kappa shape index (κ3) is 4.13. The maximum absolute atomic E-state index is 13.3. The smallest absolute Gasteiger partial charge is 0.276 e. The number of fused-ring (bicyclic) bond motifs is 1. The van der Waals surface area contributed by atoms with Crippen molar-refractivity contribution in [3.8, 4) is 5.75 Å². The number of halogens is 1. The van der Waals surface area contributed by atoms with Crippen molar-refractivity contribution in [2.24, 2.45) is 0 Å². The van der Waals surface area contributed by atoms with Crippen molar-refractivity contribution < 1.29 is 14.7 Å². The van der Waals surface area contributed by atoms with E-state index in [0.717, 1.165) is 11.3 Å². The molecule has 0 saturated carbocycles. The summed E-state index contributed by atoms with van der Waals surface area (Å²) in [5, 5.41) is 14.5. The van der Waals surface area contributed by atoms with Gasteiger partial charge in [-0.1, -0.05) is 23.7 Å². The van der Waals surface area contributed by atoms with Crippen LogP contribution in [0.2, 0.25) is 5.02 Å². The highest BCUT2D eigenvalue weighted by molar-refractivity contribution is 6.31. The number of hydrogen-bond donors (Lipinski definition) is 3. The normalized spacial score (nSPS) is 15.1. The zero-order valence-corrected chi connectivity index (χ0v) is 17.7. The molecule has 0 aromatic heterocycles. The van der Waals surface area contributed by atoms with E-state index in [1.807, 2.05) is 43.3 Å². The lowest BCUT2D eigenvalue weighted by Crippen LogP contribution is -2.52. The van der Waals surface area contributed by atoms with E-state index in [-0.39, 0.29) is 11.7 Å². The summed E-state index contributed by atoms with van der Waals surface area (Å²) >= 11 is 6.09. The van der Waals surface area contributed by atoms with Crippen LogP contribution in [0.3, 0.4) is 0 Å². The van der Waals surface area contributed by atoms with Crippen LogP contribution in [0.25, 0.3) is 0 Å². The van der Waals surface area contributed by atoms with Crippen molar-refractivity contribution in [3.63, 3.8) is 0 Å². The number of carbonyl (C=O) groups excluding carboxylic acids is 2. The Bertz CT molecular complexity index is 1130. The average Bonchev–Trinajstić information content (AvgIpc) is 2.76. The first-order chi connectivity index (χ1) is 14.8. The van der Waals surface area contributed by atoms with Crippen LogP contribution in [-0.2, 0) is 0 Å². The number of carbonyl (C=O) groups is 2. The van der Waals surface area contributed by atoms with E-state index in [4.69, 9.17) is 11.6 Å². The molecule has 158 valence electrons. The highest BCUT2D eigenvalue weighted by Crippen LogP contribution is 2.34. The number of rotatable bonds is 4. The van der Waals surface area contributed by atoms with Crippen LogP contribution in [0.1, 0.15) is 32.4 Å². The van der Waals surface area contributed by atoms with Crippen molar-refractivity contribution in [3.05, 3.63) is 88.4 Å². The minimum Gasteiger partial charge on any atom is -0.508 e.